The van der Waals surface area contributed by atoms with Gasteiger partial charge in [-0.05, 0) is 59.5 Å². The summed E-state index contributed by atoms with van der Waals surface area (Å²) in [6.45, 7) is 5.54. The molecule has 0 atom stereocenters. The molecule has 1 aliphatic rings. The second-order valence-corrected chi connectivity index (χ2v) is 8.91. The van der Waals surface area contributed by atoms with Crippen molar-refractivity contribution in [1.82, 2.24) is 4.90 Å². The van der Waals surface area contributed by atoms with Gasteiger partial charge in [0.25, 0.3) is 0 Å². The van der Waals surface area contributed by atoms with Gasteiger partial charge in [-0.15, -0.1) is 0 Å². The van der Waals surface area contributed by atoms with E-state index >= 15 is 0 Å². The van der Waals surface area contributed by atoms with Gasteiger partial charge in [0, 0.05) is 22.0 Å². The molecule has 1 nitrogen and oxygen atoms in total. The number of hydrogen-bond donors (Lipinski definition) is 0. The quantitative estimate of drug-likeness (QED) is 0.382. The lowest BCUT2D eigenvalue weighted by Crippen LogP contribution is -2.23. The Hall–Kier alpha value is -0.640. The molecule has 0 amide bonds. The number of rotatable bonds is 7. The Balaban J connectivity index is 1.75. The summed E-state index contributed by atoms with van der Waals surface area (Å²) >= 11 is 7.30. The van der Waals surface area contributed by atoms with Crippen LogP contribution in [-0.4, -0.2) is 11.4 Å². The van der Waals surface area contributed by atoms with E-state index in [2.05, 4.69) is 80.1 Å². The average Bonchev–Trinajstić information content (AvgIpc) is 2.73. The van der Waals surface area contributed by atoms with Gasteiger partial charge in [-0.1, -0.05) is 83.0 Å². The highest BCUT2D eigenvalue weighted by Gasteiger charge is 2.19. The molecule has 2 aromatic rings. The van der Waals surface area contributed by atoms with Crippen LogP contribution in [0.1, 0.15) is 56.6 Å². The van der Waals surface area contributed by atoms with Crippen LogP contribution in [0.15, 0.2) is 45.3 Å². The largest absolute Gasteiger partial charge is 0.295 e. The molecule has 0 saturated heterocycles. The number of benzene rings is 2. The summed E-state index contributed by atoms with van der Waals surface area (Å²) in [5, 5.41) is 0. The predicted octanol–water partition coefficient (Wildman–Crippen LogP) is 7.55. The summed E-state index contributed by atoms with van der Waals surface area (Å²) in [6.07, 6.45) is 8.13. The molecular formula is C22H27Br2N. The van der Waals surface area contributed by atoms with Crippen LogP contribution < -0.4 is 0 Å². The minimum Gasteiger partial charge on any atom is -0.295 e. The lowest BCUT2D eigenvalue weighted by atomic mass is 9.97. The number of unbranched alkanes of at least 4 members (excludes halogenated alkanes) is 5. The first-order valence-corrected chi connectivity index (χ1v) is 11.1. The van der Waals surface area contributed by atoms with Crippen molar-refractivity contribution in [1.29, 1.82) is 0 Å². The standard InChI is InChI=1S/C22H27Br2N/c1-2-3-4-5-6-7-12-25-15-17-13-19(23)8-10-21(17)22-11-9-20(24)14-18(22)16-25/h8-11,13-14H,2-7,12,15-16H2,1H3. The third kappa shape index (κ3) is 5.18. The van der Waals surface area contributed by atoms with Crippen molar-refractivity contribution in [3.63, 3.8) is 0 Å². The van der Waals surface area contributed by atoms with Crippen molar-refractivity contribution in [2.75, 3.05) is 6.54 Å². The Kier molecular flexibility index (Phi) is 7.15. The minimum absolute atomic E-state index is 1.04. The molecule has 0 radical (unpaired) electrons. The number of hydrogen-bond acceptors (Lipinski definition) is 1. The molecule has 0 aromatic heterocycles. The molecule has 0 fully saturated rings. The van der Waals surface area contributed by atoms with Crippen LogP contribution in [-0.2, 0) is 13.1 Å². The van der Waals surface area contributed by atoms with E-state index in [1.165, 1.54) is 76.3 Å². The first kappa shape index (κ1) is 19.1. The molecule has 0 aliphatic carbocycles. The summed E-state index contributed by atoms with van der Waals surface area (Å²) in [5.74, 6) is 0. The van der Waals surface area contributed by atoms with Gasteiger partial charge < -0.3 is 0 Å². The normalized spacial score (nSPS) is 14.0. The fraction of sp³-hybridized carbons (Fsp3) is 0.455. The molecule has 25 heavy (non-hydrogen) atoms. The van der Waals surface area contributed by atoms with Gasteiger partial charge in [0.05, 0.1) is 0 Å². The van der Waals surface area contributed by atoms with Gasteiger partial charge in [0.15, 0.2) is 0 Å². The zero-order valence-corrected chi connectivity index (χ0v) is 18.2. The molecule has 0 saturated carbocycles. The molecule has 134 valence electrons. The van der Waals surface area contributed by atoms with E-state index in [4.69, 9.17) is 0 Å². The topological polar surface area (TPSA) is 3.24 Å². The summed E-state index contributed by atoms with van der Waals surface area (Å²) in [6, 6.07) is 13.4. The highest BCUT2D eigenvalue weighted by Crippen LogP contribution is 2.35. The molecule has 0 N–H and O–H groups in total. The molecule has 2 aromatic carbocycles. The van der Waals surface area contributed by atoms with Gasteiger partial charge in [0.1, 0.15) is 0 Å². The van der Waals surface area contributed by atoms with Crippen molar-refractivity contribution in [2.45, 2.75) is 58.5 Å². The van der Waals surface area contributed by atoms with E-state index < -0.39 is 0 Å². The average molecular weight is 465 g/mol. The maximum absolute atomic E-state index is 3.65. The Labute approximate surface area is 169 Å². The smallest absolute Gasteiger partial charge is 0.0243 e. The van der Waals surface area contributed by atoms with Gasteiger partial charge >= 0.3 is 0 Å². The highest BCUT2D eigenvalue weighted by atomic mass is 79.9. The molecule has 0 unspecified atom stereocenters. The van der Waals surface area contributed by atoms with Crippen LogP contribution in [0.25, 0.3) is 11.1 Å². The fourth-order valence-electron chi connectivity index (χ4n) is 3.72. The second kappa shape index (κ2) is 9.34. The Morgan fingerprint density at radius 3 is 1.84 bits per heavy atom. The zero-order chi connectivity index (χ0) is 17.6. The molecule has 0 spiro atoms. The van der Waals surface area contributed by atoms with E-state index in [1.54, 1.807) is 0 Å². The predicted molar refractivity (Wildman–Crippen MR) is 115 cm³/mol. The van der Waals surface area contributed by atoms with E-state index in [9.17, 15) is 0 Å². The van der Waals surface area contributed by atoms with Crippen LogP contribution >= 0.6 is 31.9 Å². The van der Waals surface area contributed by atoms with Crippen molar-refractivity contribution >= 4 is 31.9 Å². The minimum atomic E-state index is 1.04. The Morgan fingerprint density at radius 1 is 0.760 bits per heavy atom. The van der Waals surface area contributed by atoms with Crippen LogP contribution in [0.2, 0.25) is 0 Å². The summed E-state index contributed by atoms with van der Waals surface area (Å²) in [5.41, 5.74) is 5.63. The molecule has 3 rings (SSSR count). The molecule has 3 heteroatoms. The van der Waals surface area contributed by atoms with E-state index in [-0.39, 0.29) is 0 Å². The van der Waals surface area contributed by atoms with Crippen LogP contribution in [0.5, 0.6) is 0 Å². The lowest BCUT2D eigenvalue weighted by molar-refractivity contribution is 0.253. The van der Waals surface area contributed by atoms with Gasteiger partial charge in [0.2, 0.25) is 0 Å². The van der Waals surface area contributed by atoms with E-state index in [1.807, 2.05) is 0 Å². The van der Waals surface area contributed by atoms with Crippen molar-refractivity contribution in [3.05, 3.63) is 56.5 Å². The monoisotopic (exact) mass is 463 g/mol. The van der Waals surface area contributed by atoms with Gasteiger partial charge in [-0.25, -0.2) is 0 Å². The SMILES string of the molecule is CCCCCCCCN1Cc2cc(Br)ccc2-c2ccc(Br)cc2C1. The molecule has 1 heterocycles. The van der Waals surface area contributed by atoms with Crippen molar-refractivity contribution < 1.29 is 0 Å². The van der Waals surface area contributed by atoms with Crippen molar-refractivity contribution in [3.8, 4) is 11.1 Å². The molecular weight excluding hydrogens is 438 g/mol. The third-order valence-corrected chi connectivity index (χ3v) is 6.03. The summed E-state index contributed by atoms with van der Waals surface area (Å²) < 4.78 is 2.35. The number of fused-ring (bicyclic) bond motifs is 3. The van der Waals surface area contributed by atoms with Crippen LogP contribution in [0, 0.1) is 0 Å². The maximum Gasteiger partial charge on any atom is 0.0243 e. The maximum atomic E-state index is 3.65. The summed E-state index contributed by atoms with van der Waals surface area (Å²) in [7, 11) is 0. The molecule has 0 bridgehead atoms. The molecule has 1 aliphatic heterocycles. The Morgan fingerprint density at radius 2 is 1.28 bits per heavy atom. The van der Waals surface area contributed by atoms with Crippen LogP contribution in [0.3, 0.4) is 0 Å². The van der Waals surface area contributed by atoms with E-state index in [0.717, 1.165) is 13.1 Å². The second-order valence-electron chi connectivity index (χ2n) is 7.08. The van der Waals surface area contributed by atoms with Gasteiger partial charge in [-0.3, -0.25) is 4.90 Å². The first-order chi connectivity index (χ1) is 12.2. The van der Waals surface area contributed by atoms with Crippen LogP contribution in [0.4, 0.5) is 0 Å². The fourth-order valence-corrected chi connectivity index (χ4v) is 4.54. The Bertz CT molecular complexity index is 658. The zero-order valence-electron chi connectivity index (χ0n) is 15.0. The van der Waals surface area contributed by atoms with Crippen molar-refractivity contribution in [2.24, 2.45) is 0 Å². The highest BCUT2D eigenvalue weighted by molar-refractivity contribution is 9.10. The summed E-state index contributed by atoms with van der Waals surface area (Å²) in [4.78, 5) is 2.61. The first-order valence-electron chi connectivity index (χ1n) is 9.47. The van der Waals surface area contributed by atoms with E-state index in [0.29, 0.717) is 0 Å². The third-order valence-electron chi connectivity index (χ3n) is 5.04. The van der Waals surface area contributed by atoms with Gasteiger partial charge in [-0.2, -0.15) is 0 Å². The number of nitrogens with zero attached hydrogens (tertiary/aromatic N) is 1. The number of halogens is 2. The lowest BCUT2D eigenvalue weighted by Gasteiger charge is -2.21.